The van der Waals surface area contributed by atoms with Crippen molar-refractivity contribution in [1.82, 2.24) is 0 Å². The first-order valence-corrected chi connectivity index (χ1v) is 39.6. The molecule has 0 aliphatic heterocycles. The summed E-state index contributed by atoms with van der Waals surface area (Å²) in [6.45, 7) is -10.1. The standard InChI is InChI=1S/C82H78N8O46/c91-75(129-63-19-3-55(4-20-63)83(99)100)121-38-35-53(48-126-80(96)134-68-29-13-60(14-30-68)88(109)110)71(50-128-82(98)136-70-33-17-62(18-34-70)90(113)114)54(49-127-81(97)135-69-31-15-61(16-32-69)89(111)112)47-115-36-1-2-37-116-51-72(118-41-44-123-77(93)131-65-23-7-57(8-24-65)85(103)104)74(120-43-46-125-79(95)133-67-27-11-59(12-28-67)87(107)108)73(119-42-45-124-78(94)132-66-25-9-58(10-26-66)86(105)106)52-117-39-40-122-76(92)130-64-21-5-56(6-22-64)84(101)102/h3-34,53-54,71-74H,1-2,35-52H2. The lowest BCUT2D eigenvalue weighted by Gasteiger charge is -2.33. The summed E-state index contributed by atoms with van der Waals surface area (Å²) in [4.78, 5) is 191. The van der Waals surface area contributed by atoms with Crippen LogP contribution in [0.2, 0.25) is 0 Å². The molecule has 8 aromatic carbocycles. The Labute approximate surface area is 762 Å². The number of non-ortho nitro benzene ring substituents is 8. The molecule has 136 heavy (non-hydrogen) atoms. The third-order valence-corrected chi connectivity index (χ3v) is 17.9. The first kappa shape index (κ1) is 104. The van der Waals surface area contributed by atoms with Gasteiger partial charge in [-0.3, -0.25) is 80.9 Å². The number of hydrogen-bond acceptors (Lipinski definition) is 46. The molecule has 6 unspecified atom stereocenters. The van der Waals surface area contributed by atoms with Crippen molar-refractivity contribution in [3.63, 3.8) is 0 Å². The number of carbonyl (C=O) groups is 8. The molecule has 722 valence electrons. The van der Waals surface area contributed by atoms with E-state index in [1.54, 1.807) is 0 Å². The quantitative estimate of drug-likeness (QED) is 0.00853. The van der Waals surface area contributed by atoms with Crippen LogP contribution in [-0.2, 0) is 66.3 Å². The van der Waals surface area contributed by atoms with E-state index < -0.39 is 247 Å². The largest absolute Gasteiger partial charge is 0.513 e. The van der Waals surface area contributed by atoms with Crippen LogP contribution in [0.4, 0.5) is 83.9 Å². The van der Waals surface area contributed by atoms with Gasteiger partial charge in [-0.05, 0) is 116 Å². The van der Waals surface area contributed by atoms with Crippen molar-refractivity contribution in [3.8, 4) is 46.0 Å². The van der Waals surface area contributed by atoms with Crippen LogP contribution < -0.4 is 37.9 Å². The van der Waals surface area contributed by atoms with Crippen molar-refractivity contribution >= 4 is 94.7 Å². The SMILES string of the molecule is O=C(OCCOCC(OCCOC(=O)Oc1ccc([N+](=O)[O-])cc1)C(OCCOC(=O)Oc1ccc([N+](=O)[O-])cc1)C(COCCCCOCC(COC(=O)Oc1ccc([N+](=O)[O-])cc1)C(COC(=O)Oc1ccc([N+](=O)[O-])cc1)C(CCOC(=O)Oc1ccc([N+](=O)[O-])cc1)COC(=O)Oc1ccc([N+](=O)[O-])cc1)OCCOC(=O)Oc1ccc([N+](=O)[O-])cc1)Oc1ccc([N+](=O)[O-])cc1. The lowest BCUT2D eigenvalue weighted by molar-refractivity contribution is -0.385. The Bertz CT molecular complexity index is 5360. The second-order valence-corrected chi connectivity index (χ2v) is 27.1. The summed E-state index contributed by atoms with van der Waals surface area (Å²) < 4.78 is 122. The molecule has 0 bridgehead atoms. The van der Waals surface area contributed by atoms with Crippen molar-refractivity contribution in [2.24, 2.45) is 17.8 Å². The summed E-state index contributed by atoms with van der Waals surface area (Å²) in [6.07, 6.45) is -16.0. The first-order valence-electron chi connectivity index (χ1n) is 39.6. The van der Waals surface area contributed by atoms with Crippen LogP contribution in [0.3, 0.4) is 0 Å². The second-order valence-electron chi connectivity index (χ2n) is 27.1. The highest BCUT2D eigenvalue weighted by Crippen LogP contribution is 2.32. The first-order chi connectivity index (χ1) is 65.3. The Hall–Kier alpha value is -17.1. The van der Waals surface area contributed by atoms with E-state index in [0.29, 0.717) is 0 Å². The number of rotatable bonds is 55. The molecule has 0 aliphatic carbocycles. The van der Waals surface area contributed by atoms with Crippen LogP contribution in [0.25, 0.3) is 0 Å². The minimum Gasteiger partial charge on any atom is -0.434 e. The highest BCUT2D eigenvalue weighted by Gasteiger charge is 2.37. The molecule has 0 radical (unpaired) electrons. The molecule has 0 N–H and O–H groups in total. The van der Waals surface area contributed by atoms with Crippen molar-refractivity contribution in [3.05, 3.63) is 275 Å². The number of nitro groups is 8. The topological polar surface area (TPSA) is 685 Å². The van der Waals surface area contributed by atoms with Gasteiger partial charge in [-0.15, -0.1) is 0 Å². The van der Waals surface area contributed by atoms with Crippen LogP contribution in [0.1, 0.15) is 19.3 Å². The monoisotopic (exact) mass is 1910 g/mol. The van der Waals surface area contributed by atoms with Gasteiger partial charge in [0.15, 0.2) is 0 Å². The number of benzene rings is 8. The highest BCUT2D eigenvalue weighted by atomic mass is 16.8. The Morgan fingerprint density at radius 1 is 0.213 bits per heavy atom. The van der Waals surface area contributed by atoms with Crippen LogP contribution in [0, 0.1) is 98.7 Å². The predicted octanol–water partition coefficient (Wildman–Crippen LogP) is 14.2. The van der Waals surface area contributed by atoms with Gasteiger partial charge in [0.1, 0.15) is 97.3 Å². The highest BCUT2D eigenvalue weighted by molar-refractivity contribution is 5.68. The van der Waals surface area contributed by atoms with E-state index in [1.165, 1.54) is 0 Å². The third-order valence-electron chi connectivity index (χ3n) is 17.9. The van der Waals surface area contributed by atoms with Crippen molar-refractivity contribution in [1.29, 1.82) is 0 Å². The van der Waals surface area contributed by atoms with E-state index in [-0.39, 0.29) is 100 Å². The van der Waals surface area contributed by atoms with E-state index in [4.69, 9.17) is 104 Å². The van der Waals surface area contributed by atoms with Crippen LogP contribution in [-0.4, -0.2) is 219 Å². The molecule has 54 nitrogen and oxygen atoms in total. The van der Waals surface area contributed by atoms with Crippen LogP contribution in [0.5, 0.6) is 46.0 Å². The van der Waals surface area contributed by atoms with Crippen LogP contribution >= 0.6 is 0 Å². The normalized spacial score (nSPS) is 12.1. The minimum atomic E-state index is -1.57. The molecule has 8 aromatic rings. The van der Waals surface area contributed by atoms with Gasteiger partial charge in [-0.25, -0.2) is 38.4 Å². The predicted molar refractivity (Wildman–Crippen MR) is 447 cm³/mol. The van der Waals surface area contributed by atoms with E-state index in [9.17, 15) is 119 Å². The lowest BCUT2D eigenvalue weighted by atomic mass is 9.81. The Kier molecular flexibility index (Phi) is 42.3. The lowest BCUT2D eigenvalue weighted by Crippen LogP contribution is -2.48. The molecule has 54 heteroatoms. The second kappa shape index (κ2) is 55.1. The van der Waals surface area contributed by atoms with Crippen LogP contribution in [0.15, 0.2) is 194 Å². The molecular weight excluding hydrogens is 1830 g/mol. The van der Waals surface area contributed by atoms with Gasteiger partial charge < -0.3 is 104 Å². The molecule has 8 rings (SSSR count). The van der Waals surface area contributed by atoms with Gasteiger partial charge in [-0.1, -0.05) is 0 Å². The van der Waals surface area contributed by atoms with Gasteiger partial charge in [0.25, 0.3) is 45.5 Å². The number of unbranched alkanes of at least 4 members (excludes halogenated alkanes) is 1. The molecular formula is C82H78N8O46. The number of nitrogens with zero attached hydrogens (tertiary/aromatic N) is 8. The smallest absolute Gasteiger partial charge is 0.434 e. The Morgan fingerprint density at radius 3 is 0.676 bits per heavy atom. The van der Waals surface area contributed by atoms with E-state index >= 15 is 0 Å². The molecule has 0 aliphatic rings. The summed E-state index contributed by atoms with van der Waals surface area (Å²) in [7, 11) is 0. The number of hydrogen-bond donors (Lipinski definition) is 0. The van der Waals surface area contributed by atoms with Crippen molar-refractivity contribution in [2.45, 2.75) is 37.6 Å². The van der Waals surface area contributed by atoms with Gasteiger partial charge in [0, 0.05) is 128 Å². The summed E-state index contributed by atoms with van der Waals surface area (Å²) in [6, 6.07) is 33.7. The third kappa shape index (κ3) is 37.8. The van der Waals surface area contributed by atoms with Gasteiger partial charge >= 0.3 is 49.2 Å². The number of carbonyl (C=O) groups excluding carboxylic acids is 8. The zero-order chi connectivity index (χ0) is 98.3. The minimum absolute atomic E-state index is 0.0312. The molecule has 0 aromatic heterocycles. The van der Waals surface area contributed by atoms with Crippen molar-refractivity contribution in [2.75, 3.05) is 112 Å². The fraction of sp³-hybridized carbons (Fsp3) is 0.317. The summed E-state index contributed by atoms with van der Waals surface area (Å²) >= 11 is 0. The maximum atomic E-state index is 13.7. The zero-order valence-corrected chi connectivity index (χ0v) is 70.4. The van der Waals surface area contributed by atoms with Crippen molar-refractivity contribution < 1.29 is 182 Å². The summed E-state index contributed by atoms with van der Waals surface area (Å²) in [5, 5.41) is 90.9. The van der Waals surface area contributed by atoms with Gasteiger partial charge in [0.05, 0.1) is 105 Å². The molecule has 0 amide bonds. The fourth-order valence-corrected chi connectivity index (χ4v) is 11.4. The number of nitro benzene ring substituents is 8. The maximum Gasteiger partial charge on any atom is 0.513 e. The van der Waals surface area contributed by atoms with Gasteiger partial charge in [-0.2, -0.15) is 0 Å². The molecule has 0 fully saturated rings. The maximum absolute atomic E-state index is 13.7. The fourth-order valence-electron chi connectivity index (χ4n) is 11.4. The Morgan fingerprint density at radius 2 is 0.419 bits per heavy atom. The van der Waals surface area contributed by atoms with E-state index in [0.717, 1.165) is 194 Å². The zero-order valence-electron chi connectivity index (χ0n) is 70.4. The summed E-state index contributed by atoms with van der Waals surface area (Å²) in [5.74, 6) is -5.72. The molecule has 0 heterocycles. The molecule has 6 atom stereocenters. The summed E-state index contributed by atoms with van der Waals surface area (Å²) in [5.41, 5.74) is -2.95. The average Bonchev–Trinajstić information content (AvgIpc) is 0.849. The van der Waals surface area contributed by atoms with Gasteiger partial charge in [0.2, 0.25) is 0 Å². The van der Waals surface area contributed by atoms with E-state index in [1.807, 2.05) is 0 Å². The van der Waals surface area contributed by atoms with E-state index in [2.05, 4.69) is 0 Å². The Balaban J connectivity index is 1.07. The number of ether oxygens (including phenoxy) is 22. The molecule has 0 spiro atoms. The average molecular weight is 1910 g/mol. The molecule has 0 saturated carbocycles. The molecule has 0 saturated heterocycles.